The number of halogens is 1. The van der Waals surface area contributed by atoms with Gasteiger partial charge in [0.15, 0.2) is 5.76 Å². The van der Waals surface area contributed by atoms with Crippen LogP contribution in [0.4, 0.5) is 4.39 Å². The summed E-state index contributed by atoms with van der Waals surface area (Å²) in [6.45, 7) is 0. The van der Waals surface area contributed by atoms with Crippen molar-refractivity contribution in [2.75, 3.05) is 14.2 Å². The van der Waals surface area contributed by atoms with Crippen molar-refractivity contribution in [2.45, 2.75) is 4.90 Å². The van der Waals surface area contributed by atoms with Gasteiger partial charge < -0.3 is 18.4 Å². The molecular formula is C23H17FO7S. The summed E-state index contributed by atoms with van der Waals surface area (Å²) >= 11 is 0. The third kappa shape index (κ3) is 4.15. The van der Waals surface area contributed by atoms with Crippen LogP contribution >= 0.6 is 0 Å². The monoisotopic (exact) mass is 456 g/mol. The van der Waals surface area contributed by atoms with E-state index in [4.69, 9.17) is 18.4 Å². The number of carbonyl (C=O) groups is 1. The second kappa shape index (κ2) is 8.35. The Kier molecular flexibility index (Phi) is 5.58. The molecule has 1 aliphatic rings. The quantitative estimate of drug-likeness (QED) is 0.405. The van der Waals surface area contributed by atoms with Crippen LogP contribution in [0.5, 0.6) is 23.0 Å². The topological polar surface area (TPSA) is 88.1 Å². The molecule has 0 unspecified atom stereocenters. The molecule has 3 aromatic rings. The summed E-state index contributed by atoms with van der Waals surface area (Å²) in [5.41, 5.74) is 0.822. The Morgan fingerprint density at radius 2 is 1.62 bits per heavy atom. The molecule has 0 fully saturated rings. The minimum atomic E-state index is -4.19. The van der Waals surface area contributed by atoms with Crippen LogP contribution in [0, 0.1) is 5.82 Å². The summed E-state index contributed by atoms with van der Waals surface area (Å²) in [5, 5.41) is 0. The molecule has 1 heterocycles. The van der Waals surface area contributed by atoms with Gasteiger partial charge in [0.05, 0.1) is 19.8 Å². The summed E-state index contributed by atoms with van der Waals surface area (Å²) in [4.78, 5) is 12.5. The molecule has 0 bridgehead atoms. The molecule has 0 spiro atoms. The summed E-state index contributed by atoms with van der Waals surface area (Å²) in [7, 11) is -1.17. The van der Waals surface area contributed by atoms with E-state index in [0.717, 1.165) is 24.3 Å². The Morgan fingerprint density at radius 1 is 0.906 bits per heavy atom. The average molecular weight is 456 g/mol. The first-order valence-corrected chi connectivity index (χ1v) is 10.7. The molecule has 32 heavy (non-hydrogen) atoms. The molecular weight excluding hydrogens is 439 g/mol. The zero-order valence-electron chi connectivity index (χ0n) is 17.0. The molecule has 0 N–H and O–H groups in total. The lowest BCUT2D eigenvalue weighted by atomic mass is 10.1. The van der Waals surface area contributed by atoms with Crippen molar-refractivity contribution in [2.24, 2.45) is 0 Å². The zero-order valence-corrected chi connectivity index (χ0v) is 17.8. The maximum atomic E-state index is 13.1. The summed E-state index contributed by atoms with van der Waals surface area (Å²) in [5.74, 6) is 0.265. The molecule has 1 aliphatic heterocycles. The molecule has 0 aliphatic carbocycles. The fourth-order valence-corrected chi connectivity index (χ4v) is 4.01. The van der Waals surface area contributed by atoms with Crippen LogP contribution < -0.4 is 18.4 Å². The highest BCUT2D eigenvalue weighted by Crippen LogP contribution is 2.37. The van der Waals surface area contributed by atoms with Crippen LogP contribution in [0.1, 0.15) is 15.9 Å². The highest BCUT2D eigenvalue weighted by molar-refractivity contribution is 7.87. The molecule has 3 aromatic carbocycles. The first-order chi connectivity index (χ1) is 15.3. The Morgan fingerprint density at radius 3 is 2.31 bits per heavy atom. The van der Waals surface area contributed by atoms with E-state index in [1.54, 1.807) is 18.2 Å². The number of fused-ring (bicyclic) bond motifs is 1. The van der Waals surface area contributed by atoms with Crippen LogP contribution in [0.25, 0.3) is 6.08 Å². The predicted octanol–water partition coefficient (Wildman–Crippen LogP) is 4.23. The number of allylic oxidation sites excluding steroid dienone is 1. The fourth-order valence-electron chi connectivity index (χ4n) is 3.09. The molecule has 0 radical (unpaired) electrons. The SMILES string of the molecule is COc1ccc(OC)c(/C=C2\Oc3cc(OS(=O)(=O)c4ccc(F)cc4)ccc3C2=O)c1. The van der Waals surface area contributed by atoms with E-state index in [1.807, 2.05) is 0 Å². The van der Waals surface area contributed by atoms with Crippen molar-refractivity contribution in [3.05, 3.63) is 83.4 Å². The molecule has 0 amide bonds. The van der Waals surface area contributed by atoms with E-state index in [1.165, 1.54) is 38.5 Å². The van der Waals surface area contributed by atoms with Gasteiger partial charge >= 0.3 is 10.1 Å². The largest absolute Gasteiger partial charge is 0.497 e. The van der Waals surface area contributed by atoms with Gasteiger partial charge in [-0.25, -0.2) is 4.39 Å². The van der Waals surface area contributed by atoms with Gasteiger partial charge in [0.1, 0.15) is 33.7 Å². The van der Waals surface area contributed by atoms with E-state index in [9.17, 15) is 17.6 Å². The first-order valence-electron chi connectivity index (χ1n) is 9.31. The minimum absolute atomic E-state index is 0.0325. The summed E-state index contributed by atoms with van der Waals surface area (Å²) in [6.07, 6.45) is 1.51. The molecule has 7 nitrogen and oxygen atoms in total. The van der Waals surface area contributed by atoms with E-state index in [2.05, 4.69) is 0 Å². The van der Waals surface area contributed by atoms with Gasteiger partial charge in [-0.1, -0.05) is 0 Å². The summed E-state index contributed by atoms with van der Waals surface area (Å²) < 4.78 is 59.2. The van der Waals surface area contributed by atoms with Gasteiger partial charge in [0.25, 0.3) is 0 Å². The van der Waals surface area contributed by atoms with Crippen LogP contribution in [0.2, 0.25) is 0 Å². The van der Waals surface area contributed by atoms with Gasteiger partial charge in [0.2, 0.25) is 5.78 Å². The molecule has 0 saturated heterocycles. The third-order valence-corrected chi connectivity index (χ3v) is 5.93. The number of hydrogen-bond donors (Lipinski definition) is 0. The molecule has 9 heteroatoms. The average Bonchev–Trinajstić information content (AvgIpc) is 3.08. The van der Waals surface area contributed by atoms with Crippen LogP contribution in [-0.4, -0.2) is 28.4 Å². The Bertz CT molecular complexity index is 1330. The number of methoxy groups -OCH3 is 2. The number of hydrogen-bond acceptors (Lipinski definition) is 7. The number of ketones is 1. The van der Waals surface area contributed by atoms with Crippen LogP contribution in [0.15, 0.2) is 71.3 Å². The predicted molar refractivity (Wildman–Crippen MR) is 113 cm³/mol. The minimum Gasteiger partial charge on any atom is -0.497 e. The highest BCUT2D eigenvalue weighted by atomic mass is 32.2. The van der Waals surface area contributed by atoms with Crippen LogP contribution in [-0.2, 0) is 10.1 Å². The molecule has 0 aromatic heterocycles. The van der Waals surface area contributed by atoms with E-state index < -0.39 is 15.9 Å². The van der Waals surface area contributed by atoms with Crippen LogP contribution in [0.3, 0.4) is 0 Å². The molecule has 4 rings (SSSR count). The number of benzene rings is 3. The number of rotatable bonds is 6. The maximum absolute atomic E-state index is 13.1. The van der Waals surface area contributed by atoms with Gasteiger partial charge in [-0.05, 0) is 60.7 Å². The second-order valence-corrected chi connectivity index (χ2v) is 8.24. The van der Waals surface area contributed by atoms with Gasteiger partial charge in [-0.3, -0.25) is 4.79 Å². The van der Waals surface area contributed by atoms with Crippen molar-refractivity contribution >= 4 is 22.0 Å². The third-order valence-electron chi connectivity index (χ3n) is 4.67. The van der Waals surface area contributed by atoms with E-state index in [0.29, 0.717) is 17.1 Å². The van der Waals surface area contributed by atoms with Gasteiger partial charge in [0, 0.05) is 11.6 Å². The Hall–Kier alpha value is -3.85. The molecule has 0 saturated carbocycles. The Labute approximate surface area is 183 Å². The lowest BCUT2D eigenvalue weighted by Crippen LogP contribution is -2.09. The maximum Gasteiger partial charge on any atom is 0.339 e. The second-order valence-electron chi connectivity index (χ2n) is 6.70. The zero-order chi connectivity index (χ0) is 22.9. The molecule has 0 atom stereocenters. The highest BCUT2D eigenvalue weighted by Gasteiger charge is 2.29. The number of carbonyl (C=O) groups excluding carboxylic acids is 1. The van der Waals surface area contributed by atoms with E-state index >= 15 is 0 Å². The molecule has 164 valence electrons. The normalized spacial score (nSPS) is 14.1. The first kappa shape index (κ1) is 21.4. The van der Waals surface area contributed by atoms with Gasteiger partial charge in [-0.15, -0.1) is 0 Å². The van der Waals surface area contributed by atoms with Crippen molar-refractivity contribution in [1.29, 1.82) is 0 Å². The summed E-state index contributed by atoms with van der Waals surface area (Å²) in [6, 6.07) is 13.4. The smallest absolute Gasteiger partial charge is 0.339 e. The van der Waals surface area contributed by atoms with Crippen molar-refractivity contribution in [1.82, 2.24) is 0 Å². The van der Waals surface area contributed by atoms with Crippen molar-refractivity contribution < 1.29 is 36.0 Å². The lowest BCUT2D eigenvalue weighted by Gasteiger charge is -2.08. The Balaban J connectivity index is 1.62. The lowest BCUT2D eigenvalue weighted by molar-refractivity contribution is 0.101. The standard InChI is InChI=1S/C23H17FO7S/c1-28-16-6-10-20(29-2)14(11-16)12-22-23(25)19-9-5-17(13-21(19)30-22)31-32(26,27)18-7-3-15(24)4-8-18/h3-13H,1-2H3/b22-12-. The van der Waals surface area contributed by atoms with Crippen molar-refractivity contribution in [3.8, 4) is 23.0 Å². The van der Waals surface area contributed by atoms with E-state index in [-0.39, 0.29) is 33.5 Å². The number of Topliss-reactive ketones (excluding diaryl/α,β-unsaturated/α-hetero) is 1. The van der Waals surface area contributed by atoms with Crippen molar-refractivity contribution in [3.63, 3.8) is 0 Å². The fraction of sp³-hybridized carbons (Fsp3) is 0.0870. The number of ether oxygens (including phenoxy) is 3. The van der Waals surface area contributed by atoms with Gasteiger partial charge in [-0.2, -0.15) is 8.42 Å².